The fraction of sp³-hybridized carbons (Fsp3) is 0.130. The molecule has 1 unspecified atom stereocenters. The molecule has 5 nitrogen and oxygen atoms in total. The maximum atomic E-state index is 13.9. The normalized spacial score (nSPS) is 13.5. The van der Waals surface area contributed by atoms with Crippen LogP contribution in [0.4, 0.5) is 23.2 Å². The van der Waals surface area contributed by atoms with E-state index < -0.39 is 24.1 Å². The molecule has 0 radical (unpaired) electrons. The van der Waals surface area contributed by atoms with Gasteiger partial charge in [-0.15, -0.1) is 0 Å². The van der Waals surface area contributed by atoms with E-state index in [0.29, 0.717) is 27.8 Å². The smallest absolute Gasteiger partial charge is 0.381 e. The summed E-state index contributed by atoms with van der Waals surface area (Å²) in [6, 6.07) is 17.2. The van der Waals surface area contributed by atoms with Crippen molar-refractivity contribution in [2.75, 3.05) is 11.9 Å². The average Bonchev–Trinajstić information content (AvgIpc) is 3.21. The van der Waals surface area contributed by atoms with Crippen LogP contribution in [0.2, 0.25) is 0 Å². The molecule has 9 heteroatoms. The molecule has 1 atom stereocenters. The summed E-state index contributed by atoms with van der Waals surface area (Å²) in [5.41, 5.74) is -1.78. The van der Waals surface area contributed by atoms with Gasteiger partial charge in [-0.25, -0.2) is 9.07 Å². The van der Waals surface area contributed by atoms with Crippen molar-refractivity contribution in [3.8, 4) is 11.8 Å². The lowest BCUT2D eigenvalue weighted by Crippen LogP contribution is -2.47. The van der Waals surface area contributed by atoms with E-state index in [1.165, 1.54) is 77.6 Å². The number of hydrogen-bond acceptors (Lipinski definition) is 4. The van der Waals surface area contributed by atoms with Gasteiger partial charge >= 0.3 is 6.18 Å². The maximum absolute atomic E-state index is 13.9. The molecule has 0 amide bonds. The minimum absolute atomic E-state index is 0.330. The topological polar surface area (TPSA) is 73.9 Å². The Morgan fingerprint density at radius 1 is 1.00 bits per heavy atom. The Morgan fingerprint density at radius 3 is 2.31 bits per heavy atom. The molecule has 32 heavy (non-hydrogen) atoms. The van der Waals surface area contributed by atoms with E-state index in [-0.39, 0.29) is 5.56 Å². The summed E-state index contributed by atoms with van der Waals surface area (Å²) in [5, 5.41) is 26.7. The van der Waals surface area contributed by atoms with Crippen LogP contribution in [-0.4, -0.2) is 27.6 Å². The first kappa shape index (κ1) is 21.3. The first-order chi connectivity index (χ1) is 15.2. The summed E-state index contributed by atoms with van der Waals surface area (Å²) in [4.78, 5) is 0. The summed E-state index contributed by atoms with van der Waals surface area (Å²) in [6.45, 7) is -0.833. The van der Waals surface area contributed by atoms with Crippen LogP contribution < -0.4 is 5.32 Å². The number of halogens is 4. The number of nitrogens with one attached hydrogen (secondary N) is 1. The summed E-state index contributed by atoms with van der Waals surface area (Å²) in [6.07, 6.45) is -3.58. The van der Waals surface area contributed by atoms with E-state index in [4.69, 9.17) is 5.26 Å². The van der Waals surface area contributed by atoms with E-state index in [2.05, 4.69) is 10.4 Å². The number of aliphatic hydroxyl groups is 1. The van der Waals surface area contributed by atoms with Crippen LogP contribution >= 0.6 is 0 Å². The van der Waals surface area contributed by atoms with Crippen molar-refractivity contribution in [3.05, 3.63) is 89.9 Å². The molecule has 162 valence electrons. The molecule has 0 saturated carbocycles. The predicted molar refractivity (Wildman–Crippen MR) is 111 cm³/mol. The van der Waals surface area contributed by atoms with Crippen LogP contribution in [0.25, 0.3) is 16.6 Å². The molecule has 2 N–H and O–H groups in total. The third-order valence-electron chi connectivity index (χ3n) is 5.15. The van der Waals surface area contributed by atoms with Crippen LogP contribution in [0.3, 0.4) is 0 Å². The largest absolute Gasteiger partial charge is 0.423 e. The Labute approximate surface area is 180 Å². The number of aromatic nitrogens is 2. The van der Waals surface area contributed by atoms with Crippen molar-refractivity contribution < 1.29 is 22.7 Å². The number of hydrogen-bond donors (Lipinski definition) is 2. The van der Waals surface area contributed by atoms with E-state index in [1.807, 2.05) is 6.07 Å². The minimum Gasteiger partial charge on any atom is -0.381 e. The summed E-state index contributed by atoms with van der Waals surface area (Å²) < 4.78 is 56.4. The Bertz CT molecular complexity index is 1290. The fourth-order valence-corrected chi connectivity index (χ4v) is 3.34. The standard InChI is InChI=1S/C23H16F4N4O/c24-18-4-8-20(9-5-18)31-21-10-3-17(11-16(21)13-30-31)22(32,23(25,26)27)14-29-19-6-1-15(12-28)2-7-19/h1-11,13,29,32H,14H2. The number of rotatable bonds is 5. The lowest BCUT2D eigenvalue weighted by atomic mass is 9.92. The first-order valence-electron chi connectivity index (χ1n) is 9.49. The number of benzene rings is 3. The molecular weight excluding hydrogens is 424 g/mol. The molecule has 0 spiro atoms. The van der Waals surface area contributed by atoms with Gasteiger partial charge in [0.05, 0.1) is 35.6 Å². The monoisotopic (exact) mass is 440 g/mol. The van der Waals surface area contributed by atoms with Crippen molar-refractivity contribution in [3.63, 3.8) is 0 Å². The zero-order valence-electron chi connectivity index (χ0n) is 16.4. The van der Waals surface area contributed by atoms with Crippen LogP contribution in [0, 0.1) is 17.1 Å². The summed E-state index contributed by atoms with van der Waals surface area (Å²) in [5.74, 6) is -0.419. The van der Waals surface area contributed by atoms with E-state index >= 15 is 0 Å². The molecule has 0 fully saturated rings. The van der Waals surface area contributed by atoms with Crippen LogP contribution in [0.1, 0.15) is 11.1 Å². The van der Waals surface area contributed by atoms with Gasteiger partial charge in [0.15, 0.2) is 0 Å². The molecule has 3 aromatic carbocycles. The van der Waals surface area contributed by atoms with Crippen molar-refractivity contribution in [1.82, 2.24) is 9.78 Å². The first-order valence-corrected chi connectivity index (χ1v) is 9.49. The van der Waals surface area contributed by atoms with Gasteiger partial charge in [-0.3, -0.25) is 0 Å². The van der Waals surface area contributed by atoms with Crippen LogP contribution in [-0.2, 0) is 5.60 Å². The highest BCUT2D eigenvalue weighted by Crippen LogP contribution is 2.40. The minimum atomic E-state index is -4.97. The van der Waals surface area contributed by atoms with Gasteiger partial charge in [-0.1, -0.05) is 6.07 Å². The van der Waals surface area contributed by atoms with E-state index in [0.717, 1.165) is 0 Å². The second-order valence-corrected chi connectivity index (χ2v) is 7.21. The van der Waals surface area contributed by atoms with Gasteiger partial charge in [0.2, 0.25) is 5.60 Å². The Morgan fingerprint density at radius 2 is 1.69 bits per heavy atom. The van der Waals surface area contributed by atoms with Crippen LogP contribution in [0.5, 0.6) is 0 Å². The van der Waals surface area contributed by atoms with Gasteiger partial charge in [0, 0.05) is 11.1 Å². The van der Waals surface area contributed by atoms with Crippen molar-refractivity contribution in [1.29, 1.82) is 5.26 Å². The Kier molecular flexibility index (Phi) is 5.32. The third-order valence-corrected chi connectivity index (χ3v) is 5.15. The van der Waals surface area contributed by atoms with Crippen molar-refractivity contribution in [2.45, 2.75) is 11.8 Å². The molecule has 0 aliphatic rings. The van der Waals surface area contributed by atoms with Crippen molar-refractivity contribution in [2.24, 2.45) is 0 Å². The quantitative estimate of drug-likeness (QED) is 0.433. The Balaban J connectivity index is 1.67. The van der Waals surface area contributed by atoms with Gasteiger partial charge in [-0.05, 0) is 66.2 Å². The maximum Gasteiger partial charge on any atom is 0.423 e. The number of alkyl halides is 3. The summed E-state index contributed by atoms with van der Waals surface area (Å²) >= 11 is 0. The molecule has 4 rings (SSSR count). The molecule has 0 bridgehead atoms. The highest BCUT2D eigenvalue weighted by molar-refractivity contribution is 5.81. The number of anilines is 1. The lowest BCUT2D eigenvalue weighted by molar-refractivity contribution is -0.260. The number of nitrogens with zero attached hydrogens (tertiary/aromatic N) is 3. The second-order valence-electron chi connectivity index (χ2n) is 7.21. The van der Waals surface area contributed by atoms with Gasteiger partial charge in [-0.2, -0.15) is 23.5 Å². The van der Waals surface area contributed by atoms with E-state index in [9.17, 15) is 22.7 Å². The zero-order valence-corrected chi connectivity index (χ0v) is 16.4. The Hall–Kier alpha value is -3.90. The second kappa shape index (κ2) is 7.98. The SMILES string of the molecule is N#Cc1ccc(NCC(O)(c2ccc3c(cnn3-c3ccc(F)cc3)c2)C(F)(F)F)cc1. The molecule has 1 aromatic heterocycles. The van der Waals surface area contributed by atoms with Gasteiger partial charge < -0.3 is 10.4 Å². The lowest BCUT2D eigenvalue weighted by Gasteiger charge is -2.31. The van der Waals surface area contributed by atoms with E-state index in [1.54, 1.807) is 0 Å². The number of fused-ring (bicyclic) bond motifs is 1. The fourth-order valence-electron chi connectivity index (χ4n) is 3.34. The van der Waals surface area contributed by atoms with Crippen LogP contribution in [0.15, 0.2) is 72.9 Å². The third kappa shape index (κ3) is 3.88. The highest BCUT2D eigenvalue weighted by atomic mass is 19.4. The van der Waals surface area contributed by atoms with Gasteiger partial charge in [0.25, 0.3) is 0 Å². The number of nitriles is 1. The highest BCUT2D eigenvalue weighted by Gasteiger charge is 2.55. The zero-order chi connectivity index (χ0) is 22.9. The molecule has 0 saturated heterocycles. The molecular formula is C23H16F4N4O. The molecule has 4 aromatic rings. The van der Waals surface area contributed by atoms with Crippen molar-refractivity contribution >= 4 is 16.6 Å². The molecule has 1 heterocycles. The molecule has 0 aliphatic heterocycles. The van der Waals surface area contributed by atoms with Gasteiger partial charge in [0.1, 0.15) is 5.82 Å². The summed E-state index contributed by atoms with van der Waals surface area (Å²) in [7, 11) is 0. The predicted octanol–water partition coefficient (Wildman–Crippen LogP) is 4.90. The average molecular weight is 440 g/mol. The molecule has 0 aliphatic carbocycles.